The van der Waals surface area contributed by atoms with Gasteiger partial charge in [-0.15, -0.1) is 10.2 Å². The van der Waals surface area contributed by atoms with Crippen LogP contribution in [0.2, 0.25) is 0 Å². The van der Waals surface area contributed by atoms with E-state index in [0.717, 1.165) is 11.0 Å². The van der Waals surface area contributed by atoms with Crippen LogP contribution in [0, 0.1) is 0 Å². The van der Waals surface area contributed by atoms with Crippen molar-refractivity contribution in [1.29, 1.82) is 0 Å². The number of hydrogen-bond acceptors (Lipinski definition) is 4. The van der Waals surface area contributed by atoms with Crippen molar-refractivity contribution < 1.29 is 4.42 Å². The van der Waals surface area contributed by atoms with Crippen LogP contribution in [0.3, 0.4) is 0 Å². The zero-order chi connectivity index (χ0) is 12.4. The van der Waals surface area contributed by atoms with Crippen LogP contribution < -0.4 is 5.46 Å². The summed E-state index contributed by atoms with van der Waals surface area (Å²) >= 11 is 1.66. The van der Waals surface area contributed by atoms with Gasteiger partial charge in [-0.25, -0.2) is 0 Å². The molecule has 2 radical (unpaired) electrons. The lowest BCUT2D eigenvalue weighted by molar-refractivity contribution is 0.518. The standard InChI is InChI=1S/C13H9BN2OS/c14-11-3-1-10(2-4-11)13-16-15-12(17-13)7-9-5-6-18-8-9/h1-6,8H,7H2. The van der Waals surface area contributed by atoms with E-state index < -0.39 is 0 Å². The zero-order valence-electron chi connectivity index (χ0n) is 9.54. The summed E-state index contributed by atoms with van der Waals surface area (Å²) in [7, 11) is 5.63. The smallest absolute Gasteiger partial charge is 0.247 e. The molecule has 0 saturated carbocycles. The Morgan fingerprint density at radius 2 is 1.94 bits per heavy atom. The van der Waals surface area contributed by atoms with Gasteiger partial charge < -0.3 is 4.42 Å². The molecule has 0 aliphatic heterocycles. The number of aromatic nitrogens is 2. The molecular formula is C13H9BN2OS. The van der Waals surface area contributed by atoms with E-state index in [2.05, 4.69) is 21.6 Å². The predicted molar refractivity (Wildman–Crippen MR) is 72.2 cm³/mol. The molecule has 3 nitrogen and oxygen atoms in total. The number of benzene rings is 1. The molecule has 18 heavy (non-hydrogen) atoms. The molecule has 0 amide bonds. The molecule has 86 valence electrons. The van der Waals surface area contributed by atoms with Gasteiger partial charge in [-0.1, -0.05) is 29.7 Å². The lowest BCUT2D eigenvalue weighted by atomic mass is 9.95. The van der Waals surface area contributed by atoms with Gasteiger partial charge >= 0.3 is 0 Å². The van der Waals surface area contributed by atoms with Crippen molar-refractivity contribution in [2.45, 2.75) is 6.42 Å². The van der Waals surface area contributed by atoms with Gasteiger partial charge in [0.15, 0.2) is 0 Å². The van der Waals surface area contributed by atoms with E-state index in [1.54, 1.807) is 11.3 Å². The highest BCUT2D eigenvalue weighted by molar-refractivity contribution is 7.07. The Labute approximate surface area is 110 Å². The summed E-state index contributed by atoms with van der Waals surface area (Å²) in [5.74, 6) is 1.15. The maximum Gasteiger partial charge on any atom is 0.247 e. The Hall–Kier alpha value is -1.88. The van der Waals surface area contributed by atoms with E-state index in [4.69, 9.17) is 12.3 Å². The van der Waals surface area contributed by atoms with Gasteiger partial charge in [-0.2, -0.15) is 11.3 Å². The second kappa shape index (κ2) is 4.78. The lowest BCUT2D eigenvalue weighted by Crippen LogP contribution is -1.99. The first-order valence-corrected chi connectivity index (χ1v) is 6.45. The lowest BCUT2D eigenvalue weighted by Gasteiger charge is -1.95. The third-order valence-corrected chi connectivity index (χ3v) is 3.29. The highest BCUT2D eigenvalue weighted by Crippen LogP contribution is 2.18. The molecule has 0 bridgehead atoms. The van der Waals surface area contributed by atoms with Crippen LogP contribution in [0.5, 0.6) is 0 Å². The van der Waals surface area contributed by atoms with Gasteiger partial charge in [0.2, 0.25) is 11.8 Å². The molecule has 2 heterocycles. The Balaban J connectivity index is 1.83. The molecule has 3 rings (SSSR count). The fourth-order valence-corrected chi connectivity index (χ4v) is 2.30. The van der Waals surface area contributed by atoms with Crippen LogP contribution in [-0.4, -0.2) is 18.0 Å². The third kappa shape index (κ3) is 2.36. The molecule has 0 fully saturated rings. The average molecular weight is 252 g/mol. The molecule has 0 unspecified atom stereocenters. The molecule has 5 heteroatoms. The molecule has 2 aromatic heterocycles. The molecule has 0 N–H and O–H groups in total. The molecule has 1 aromatic carbocycles. The minimum absolute atomic E-state index is 0.528. The fourth-order valence-electron chi connectivity index (χ4n) is 1.64. The minimum atomic E-state index is 0.528. The monoisotopic (exact) mass is 252 g/mol. The average Bonchev–Trinajstić information content (AvgIpc) is 3.02. The summed E-state index contributed by atoms with van der Waals surface area (Å²) in [6.45, 7) is 0. The Kier molecular flexibility index (Phi) is 2.98. The van der Waals surface area contributed by atoms with Crippen LogP contribution in [-0.2, 0) is 6.42 Å². The van der Waals surface area contributed by atoms with Crippen molar-refractivity contribution in [3.63, 3.8) is 0 Å². The minimum Gasteiger partial charge on any atom is -0.420 e. The highest BCUT2D eigenvalue weighted by Gasteiger charge is 2.08. The number of hydrogen-bond donors (Lipinski definition) is 0. The first-order valence-electron chi connectivity index (χ1n) is 5.50. The van der Waals surface area contributed by atoms with Gasteiger partial charge in [0, 0.05) is 5.56 Å². The summed E-state index contributed by atoms with van der Waals surface area (Å²) in [6, 6.07) is 9.43. The van der Waals surface area contributed by atoms with E-state index >= 15 is 0 Å². The third-order valence-electron chi connectivity index (χ3n) is 2.56. The summed E-state index contributed by atoms with van der Waals surface area (Å²) < 4.78 is 5.62. The second-order valence-electron chi connectivity index (χ2n) is 3.93. The predicted octanol–water partition coefficient (Wildman–Crippen LogP) is 2.18. The van der Waals surface area contributed by atoms with Crippen LogP contribution >= 0.6 is 11.3 Å². The molecule has 0 saturated heterocycles. The number of nitrogens with zero attached hydrogens (tertiary/aromatic N) is 2. The largest absolute Gasteiger partial charge is 0.420 e. The summed E-state index contributed by atoms with van der Waals surface area (Å²) in [5.41, 5.74) is 2.79. The molecule has 3 aromatic rings. The van der Waals surface area contributed by atoms with Gasteiger partial charge in [-0.05, 0) is 22.4 Å². The van der Waals surface area contributed by atoms with Crippen molar-refractivity contribution in [1.82, 2.24) is 10.2 Å². The molecule has 0 spiro atoms. The van der Waals surface area contributed by atoms with E-state index in [-0.39, 0.29) is 0 Å². The van der Waals surface area contributed by atoms with E-state index in [0.29, 0.717) is 18.2 Å². The van der Waals surface area contributed by atoms with Gasteiger partial charge in [0.25, 0.3) is 0 Å². The summed E-state index contributed by atoms with van der Waals surface area (Å²) in [4.78, 5) is 0. The van der Waals surface area contributed by atoms with Gasteiger partial charge in [0.1, 0.15) is 7.85 Å². The van der Waals surface area contributed by atoms with Crippen molar-refractivity contribution >= 4 is 24.6 Å². The highest BCUT2D eigenvalue weighted by atomic mass is 32.1. The Bertz CT molecular complexity index is 631. The Morgan fingerprint density at radius 3 is 2.67 bits per heavy atom. The molecular weight excluding hydrogens is 243 g/mol. The molecule has 0 aliphatic rings. The van der Waals surface area contributed by atoms with Crippen LogP contribution in [0.1, 0.15) is 11.5 Å². The van der Waals surface area contributed by atoms with Gasteiger partial charge in [0.05, 0.1) is 6.42 Å². The van der Waals surface area contributed by atoms with Gasteiger partial charge in [-0.3, -0.25) is 0 Å². The number of rotatable bonds is 3. The summed E-state index contributed by atoms with van der Waals surface area (Å²) in [5, 5.41) is 12.2. The van der Waals surface area contributed by atoms with Crippen LogP contribution in [0.15, 0.2) is 45.5 Å². The van der Waals surface area contributed by atoms with Crippen molar-refractivity contribution in [3.8, 4) is 11.5 Å². The Morgan fingerprint density at radius 1 is 1.11 bits per heavy atom. The topological polar surface area (TPSA) is 38.9 Å². The molecule has 0 atom stereocenters. The maximum absolute atomic E-state index is 5.63. The van der Waals surface area contributed by atoms with Crippen molar-refractivity contribution in [2.24, 2.45) is 0 Å². The summed E-state index contributed by atoms with van der Waals surface area (Å²) in [6.07, 6.45) is 0.672. The van der Waals surface area contributed by atoms with E-state index in [1.165, 1.54) is 5.56 Å². The first-order chi connectivity index (χ1) is 8.81. The molecule has 0 aliphatic carbocycles. The first kappa shape index (κ1) is 11.2. The second-order valence-corrected chi connectivity index (χ2v) is 4.71. The zero-order valence-corrected chi connectivity index (χ0v) is 10.4. The maximum atomic E-state index is 5.63. The van der Waals surface area contributed by atoms with E-state index in [9.17, 15) is 0 Å². The number of thiophene rings is 1. The van der Waals surface area contributed by atoms with Crippen LogP contribution in [0.4, 0.5) is 0 Å². The van der Waals surface area contributed by atoms with E-state index in [1.807, 2.05) is 29.6 Å². The SMILES string of the molecule is [B]c1ccc(-c2nnc(Cc3ccsc3)o2)cc1. The fraction of sp³-hybridized carbons (Fsp3) is 0.0769. The van der Waals surface area contributed by atoms with Crippen LogP contribution in [0.25, 0.3) is 11.5 Å². The van der Waals surface area contributed by atoms with Crippen molar-refractivity contribution in [2.75, 3.05) is 0 Å². The van der Waals surface area contributed by atoms with Crippen molar-refractivity contribution in [3.05, 3.63) is 52.5 Å². The quantitative estimate of drug-likeness (QED) is 0.670. The normalized spacial score (nSPS) is 10.7.